The number of hydrogen-bond donors (Lipinski definition) is 0. The summed E-state index contributed by atoms with van der Waals surface area (Å²) in [6.45, 7) is 4.74. The van der Waals surface area contributed by atoms with Crippen LogP contribution in [0.4, 0.5) is 0 Å². The Morgan fingerprint density at radius 3 is 1.84 bits per heavy atom. The number of benzene rings is 9. The zero-order chi connectivity index (χ0) is 38.8. The average Bonchev–Trinajstić information content (AvgIpc) is 3.83. The summed E-state index contributed by atoms with van der Waals surface area (Å²) in [5, 5.41) is 7.56. The van der Waals surface area contributed by atoms with E-state index in [0.29, 0.717) is 0 Å². The largest absolute Gasteiger partial charge is 0.309 e. The molecule has 1 aliphatic carbocycles. The molecule has 274 valence electrons. The molecule has 0 fully saturated rings. The van der Waals surface area contributed by atoms with Gasteiger partial charge in [-0.05, 0) is 109 Å². The Labute approximate surface area is 338 Å². The van der Waals surface area contributed by atoms with Crippen LogP contribution in [0.5, 0.6) is 0 Å². The van der Waals surface area contributed by atoms with E-state index in [4.69, 9.17) is 0 Å². The molecule has 0 spiro atoms. The first-order chi connectivity index (χ1) is 28.4. The molecule has 0 saturated carbocycles. The fourth-order valence-electron chi connectivity index (χ4n) is 10.1. The van der Waals surface area contributed by atoms with Crippen molar-refractivity contribution in [2.75, 3.05) is 0 Å². The molecular weight excluding hydrogens is 722 g/mol. The minimum Gasteiger partial charge on any atom is -0.309 e. The number of rotatable bonds is 4. The summed E-state index contributed by atoms with van der Waals surface area (Å²) < 4.78 is 17.7. The summed E-state index contributed by atoms with van der Waals surface area (Å²) in [6.07, 6.45) is 0. The van der Waals surface area contributed by atoms with Crippen LogP contribution in [-0.4, -0.2) is 4.57 Å². The quantitative estimate of drug-likeness (QED) is 0.164. The van der Waals surface area contributed by atoms with Gasteiger partial charge in [-0.15, -0.1) is 0 Å². The normalized spacial score (nSPS) is 16.0. The zero-order valence-electron chi connectivity index (χ0n) is 32.3. The summed E-state index contributed by atoms with van der Waals surface area (Å²) in [4.78, 5) is 0. The Morgan fingerprint density at radius 2 is 1.03 bits per heavy atom. The van der Waals surface area contributed by atoms with Crippen LogP contribution in [0.2, 0.25) is 0 Å². The summed E-state index contributed by atoms with van der Waals surface area (Å²) in [5.74, 6) is 0. The lowest BCUT2D eigenvalue weighted by Crippen LogP contribution is -2.20. The van der Waals surface area contributed by atoms with Crippen molar-refractivity contribution in [1.82, 2.24) is 4.57 Å². The van der Waals surface area contributed by atoms with E-state index in [0.717, 1.165) is 54.5 Å². The van der Waals surface area contributed by atoms with Gasteiger partial charge in [-0.2, -0.15) is 0 Å². The maximum absolute atomic E-state index is 15.4. The van der Waals surface area contributed by atoms with E-state index in [-0.39, 0.29) is 5.41 Å². The van der Waals surface area contributed by atoms with Crippen LogP contribution in [0.15, 0.2) is 194 Å². The molecule has 3 heteroatoms. The van der Waals surface area contributed by atoms with E-state index in [1.807, 2.05) is 36.4 Å². The Kier molecular flexibility index (Phi) is 6.99. The van der Waals surface area contributed by atoms with Crippen LogP contribution in [0.3, 0.4) is 0 Å². The number of hydrogen-bond acceptors (Lipinski definition) is 1. The van der Waals surface area contributed by atoms with Gasteiger partial charge in [-0.3, -0.25) is 0 Å². The lowest BCUT2D eigenvalue weighted by atomic mass is 9.80. The van der Waals surface area contributed by atoms with Crippen LogP contribution < -0.4 is 15.9 Å². The Hall–Kier alpha value is -6.73. The van der Waals surface area contributed by atoms with Crippen molar-refractivity contribution >= 4 is 55.6 Å². The number of aromatic nitrogens is 1. The standard InChI is InChI=1S/C55H38NOP/c1-55(2)49-31-37(25-29-43(49)44-30-26-38(32-50(44)55)42-20-12-14-36-13-6-7-17-41(36)42)35-23-27-39(28-24-35)56-51-21-10-8-18-45(51)47-34-54-48(33-52(47)56)46-19-9-11-22-53(46)58(54,57)40-15-4-3-5-16-40/h3-34H,1-2H3. The molecular formula is C55H38NOP. The van der Waals surface area contributed by atoms with E-state index in [9.17, 15) is 0 Å². The van der Waals surface area contributed by atoms with E-state index < -0.39 is 7.14 Å². The Morgan fingerprint density at radius 1 is 0.414 bits per heavy atom. The summed E-state index contributed by atoms with van der Waals surface area (Å²) in [6, 6.07) is 69.8. The first-order valence-corrected chi connectivity index (χ1v) is 21.8. The van der Waals surface area contributed by atoms with Crippen molar-refractivity contribution in [1.29, 1.82) is 0 Å². The number of fused-ring (bicyclic) bond motifs is 10. The third-order valence-corrected chi connectivity index (χ3v) is 16.2. The maximum atomic E-state index is 15.4. The molecule has 0 N–H and O–H groups in total. The molecule has 1 aliphatic heterocycles. The highest BCUT2D eigenvalue weighted by Crippen LogP contribution is 2.54. The molecule has 0 amide bonds. The van der Waals surface area contributed by atoms with Crippen molar-refractivity contribution in [3.63, 3.8) is 0 Å². The fraction of sp³-hybridized carbons (Fsp3) is 0.0545. The third-order valence-electron chi connectivity index (χ3n) is 13.0. The molecule has 2 heterocycles. The second-order valence-corrected chi connectivity index (χ2v) is 19.1. The van der Waals surface area contributed by atoms with Crippen LogP contribution in [0, 0.1) is 0 Å². The van der Waals surface area contributed by atoms with Gasteiger partial charge in [0, 0.05) is 37.8 Å². The van der Waals surface area contributed by atoms with Crippen molar-refractivity contribution in [2.24, 2.45) is 0 Å². The molecule has 12 rings (SSSR count). The van der Waals surface area contributed by atoms with Gasteiger partial charge in [-0.1, -0.05) is 166 Å². The lowest BCUT2D eigenvalue weighted by Gasteiger charge is -2.23. The maximum Gasteiger partial charge on any atom is 0.172 e. The van der Waals surface area contributed by atoms with E-state index >= 15 is 4.57 Å². The topological polar surface area (TPSA) is 22.0 Å². The Bertz CT molecular complexity index is 3380. The smallest absolute Gasteiger partial charge is 0.172 e. The number of para-hydroxylation sites is 1. The SMILES string of the molecule is CC1(C)c2cc(-c3ccc(-n4c5ccccc5c5cc6c(cc54)-c4ccccc4P6(=O)c4ccccc4)cc3)ccc2-c2ccc(-c3cccc4ccccc34)cc21. The second kappa shape index (κ2) is 12.1. The monoisotopic (exact) mass is 759 g/mol. The van der Waals surface area contributed by atoms with Gasteiger partial charge in [0.2, 0.25) is 0 Å². The first kappa shape index (κ1) is 33.4. The van der Waals surface area contributed by atoms with Gasteiger partial charge in [0.05, 0.1) is 11.0 Å². The number of nitrogens with zero attached hydrogens (tertiary/aromatic N) is 1. The molecule has 1 unspecified atom stereocenters. The minimum atomic E-state index is -3.06. The molecule has 0 saturated heterocycles. The van der Waals surface area contributed by atoms with E-state index in [1.165, 1.54) is 55.3 Å². The van der Waals surface area contributed by atoms with Crippen molar-refractivity contribution in [2.45, 2.75) is 19.3 Å². The first-order valence-electron chi connectivity index (χ1n) is 20.1. The highest BCUT2D eigenvalue weighted by atomic mass is 31.2. The minimum absolute atomic E-state index is 0.145. The second-order valence-electron chi connectivity index (χ2n) is 16.4. The zero-order valence-corrected chi connectivity index (χ0v) is 33.2. The van der Waals surface area contributed by atoms with E-state index in [2.05, 4.69) is 176 Å². The van der Waals surface area contributed by atoms with Gasteiger partial charge < -0.3 is 9.13 Å². The molecule has 1 aromatic heterocycles. The van der Waals surface area contributed by atoms with Crippen molar-refractivity contribution in [3.05, 3.63) is 205 Å². The predicted molar refractivity (Wildman–Crippen MR) is 245 cm³/mol. The molecule has 1 atom stereocenters. The molecule has 0 radical (unpaired) electrons. The van der Waals surface area contributed by atoms with Gasteiger partial charge >= 0.3 is 0 Å². The van der Waals surface area contributed by atoms with Crippen molar-refractivity contribution in [3.8, 4) is 50.2 Å². The summed E-state index contributed by atoms with van der Waals surface area (Å²) in [5.41, 5.74) is 15.7. The summed E-state index contributed by atoms with van der Waals surface area (Å²) in [7, 11) is -3.06. The Balaban J connectivity index is 0.946. The lowest BCUT2D eigenvalue weighted by molar-refractivity contribution is 0.593. The highest BCUT2D eigenvalue weighted by Gasteiger charge is 2.41. The molecule has 2 nitrogen and oxygen atoms in total. The third kappa shape index (κ3) is 4.58. The molecule has 2 aliphatic rings. The van der Waals surface area contributed by atoms with Gasteiger partial charge in [0.1, 0.15) is 0 Å². The summed E-state index contributed by atoms with van der Waals surface area (Å²) >= 11 is 0. The van der Waals surface area contributed by atoms with Crippen LogP contribution in [0.1, 0.15) is 25.0 Å². The van der Waals surface area contributed by atoms with Crippen molar-refractivity contribution < 1.29 is 4.57 Å². The van der Waals surface area contributed by atoms with Gasteiger partial charge in [0.15, 0.2) is 7.14 Å². The predicted octanol–water partition coefficient (Wildman–Crippen LogP) is 13.2. The fourth-order valence-corrected chi connectivity index (χ4v) is 13.2. The van der Waals surface area contributed by atoms with E-state index in [1.54, 1.807) is 0 Å². The van der Waals surface area contributed by atoms with Gasteiger partial charge in [0.25, 0.3) is 0 Å². The average molecular weight is 760 g/mol. The molecule has 58 heavy (non-hydrogen) atoms. The molecule has 9 aromatic carbocycles. The van der Waals surface area contributed by atoms with Crippen LogP contribution >= 0.6 is 7.14 Å². The van der Waals surface area contributed by atoms with Gasteiger partial charge in [-0.25, -0.2) is 0 Å². The van der Waals surface area contributed by atoms with Crippen LogP contribution in [-0.2, 0) is 9.98 Å². The molecule has 0 bridgehead atoms. The highest BCUT2D eigenvalue weighted by molar-refractivity contribution is 7.86. The van der Waals surface area contributed by atoms with Crippen LogP contribution in [0.25, 0.3) is 82.8 Å². The molecule has 10 aromatic rings.